The molecule has 0 atom stereocenters. The number of hydrogen-bond donors (Lipinski definition) is 0. The molecule has 0 spiro atoms. The molecule has 0 bridgehead atoms. The molecule has 24 heavy (non-hydrogen) atoms. The van der Waals surface area contributed by atoms with E-state index in [2.05, 4.69) is 15.3 Å². The van der Waals surface area contributed by atoms with Crippen LogP contribution < -0.4 is 0 Å². The first kappa shape index (κ1) is 16.4. The van der Waals surface area contributed by atoms with E-state index in [1.807, 2.05) is 30.3 Å². The standard InChI is InChI=1S/C14H12F3N5OS/c1-2-21(8-9-6-4-3-5-7-9)11(23)10-20-22-12(14(15,16)17)18-19-13(22)24-10/h3-7H,2,8H2,1H3. The zero-order valence-corrected chi connectivity index (χ0v) is 13.3. The largest absolute Gasteiger partial charge is 0.453 e. The lowest BCUT2D eigenvalue weighted by atomic mass is 10.2. The van der Waals surface area contributed by atoms with E-state index in [1.54, 1.807) is 6.92 Å². The van der Waals surface area contributed by atoms with Gasteiger partial charge in [0.25, 0.3) is 11.7 Å². The zero-order chi connectivity index (χ0) is 17.3. The number of alkyl halides is 3. The van der Waals surface area contributed by atoms with Gasteiger partial charge in [0.1, 0.15) is 0 Å². The third kappa shape index (κ3) is 3.09. The molecular weight excluding hydrogens is 343 g/mol. The van der Waals surface area contributed by atoms with E-state index in [1.165, 1.54) is 4.90 Å². The average molecular weight is 355 g/mol. The first-order valence-electron chi connectivity index (χ1n) is 7.02. The number of carbonyl (C=O) groups excluding carboxylic acids is 1. The van der Waals surface area contributed by atoms with Gasteiger partial charge in [0.2, 0.25) is 9.97 Å². The Kier molecular flexibility index (Phi) is 4.22. The monoisotopic (exact) mass is 355 g/mol. The minimum atomic E-state index is -4.68. The average Bonchev–Trinajstić information content (AvgIpc) is 3.12. The number of halogens is 3. The Morgan fingerprint density at radius 3 is 2.58 bits per heavy atom. The van der Waals surface area contributed by atoms with Gasteiger partial charge >= 0.3 is 6.18 Å². The molecule has 0 N–H and O–H groups in total. The Hall–Kier alpha value is -2.49. The third-order valence-corrected chi connectivity index (χ3v) is 4.20. The molecule has 0 saturated heterocycles. The molecule has 2 heterocycles. The highest BCUT2D eigenvalue weighted by atomic mass is 32.1. The molecule has 1 aromatic carbocycles. The van der Waals surface area contributed by atoms with Crippen molar-refractivity contribution in [3.05, 3.63) is 46.7 Å². The van der Waals surface area contributed by atoms with E-state index < -0.39 is 17.9 Å². The van der Waals surface area contributed by atoms with E-state index in [9.17, 15) is 18.0 Å². The summed E-state index contributed by atoms with van der Waals surface area (Å²) < 4.78 is 39.0. The number of carbonyl (C=O) groups is 1. The van der Waals surface area contributed by atoms with Crippen molar-refractivity contribution in [1.82, 2.24) is 24.7 Å². The van der Waals surface area contributed by atoms with E-state index >= 15 is 0 Å². The van der Waals surface area contributed by atoms with Crippen molar-refractivity contribution in [2.45, 2.75) is 19.6 Å². The number of rotatable bonds is 4. The molecule has 1 amide bonds. The Labute approximate surface area is 138 Å². The molecule has 0 unspecified atom stereocenters. The van der Waals surface area contributed by atoms with Gasteiger partial charge in [0.15, 0.2) is 0 Å². The fourth-order valence-corrected chi connectivity index (χ4v) is 2.95. The highest BCUT2D eigenvalue weighted by Gasteiger charge is 2.38. The summed E-state index contributed by atoms with van der Waals surface area (Å²) in [6, 6.07) is 9.31. The summed E-state index contributed by atoms with van der Waals surface area (Å²) in [7, 11) is 0. The Balaban J connectivity index is 1.88. The van der Waals surface area contributed by atoms with Crippen LogP contribution in [0.15, 0.2) is 30.3 Å². The Morgan fingerprint density at radius 1 is 1.25 bits per heavy atom. The molecule has 0 aliphatic carbocycles. The van der Waals surface area contributed by atoms with Crippen LogP contribution in [0.2, 0.25) is 0 Å². The van der Waals surface area contributed by atoms with E-state index in [-0.39, 0.29) is 9.97 Å². The number of nitrogens with zero attached hydrogens (tertiary/aromatic N) is 5. The molecule has 2 aromatic heterocycles. The van der Waals surface area contributed by atoms with Crippen LogP contribution in [0.25, 0.3) is 4.96 Å². The third-order valence-electron chi connectivity index (χ3n) is 3.31. The molecule has 3 aromatic rings. The van der Waals surface area contributed by atoms with Gasteiger partial charge < -0.3 is 4.90 Å². The Bertz CT molecular complexity index is 858. The van der Waals surface area contributed by atoms with Crippen molar-refractivity contribution in [3.8, 4) is 0 Å². The summed E-state index contributed by atoms with van der Waals surface area (Å²) in [5, 5.41) is 10.2. The van der Waals surface area contributed by atoms with Gasteiger partial charge in [-0.2, -0.15) is 17.7 Å². The maximum atomic E-state index is 12.8. The van der Waals surface area contributed by atoms with Crippen LogP contribution in [0.4, 0.5) is 13.2 Å². The minimum absolute atomic E-state index is 0.0526. The number of benzene rings is 1. The van der Waals surface area contributed by atoms with Crippen molar-refractivity contribution in [2.75, 3.05) is 6.54 Å². The van der Waals surface area contributed by atoms with Crippen molar-refractivity contribution in [3.63, 3.8) is 0 Å². The smallest absolute Gasteiger partial charge is 0.332 e. The van der Waals surface area contributed by atoms with Crippen LogP contribution in [-0.2, 0) is 12.7 Å². The van der Waals surface area contributed by atoms with Crippen LogP contribution in [0.5, 0.6) is 0 Å². The van der Waals surface area contributed by atoms with Gasteiger partial charge in [-0.15, -0.1) is 15.3 Å². The lowest BCUT2D eigenvalue weighted by Crippen LogP contribution is -2.30. The second kappa shape index (κ2) is 6.19. The van der Waals surface area contributed by atoms with E-state index in [0.717, 1.165) is 16.9 Å². The van der Waals surface area contributed by atoms with Crippen LogP contribution in [0.1, 0.15) is 28.1 Å². The number of fused-ring (bicyclic) bond motifs is 1. The minimum Gasteiger partial charge on any atom is -0.332 e. The van der Waals surface area contributed by atoms with Crippen LogP contribution in [0.3, 0.4) is 0 Å². The predicted octanol–water partition coefficient (Wildman–Crippen LogP) is 2.87. The summed E-state index contributed by atoms with van der Waals surface area (Å²) in [5.41, 5.74) is 0.923. The topological polar surface area (TPSA) is 63.4 Å². The van der Waals surface area contributed by atoms with Gasteiger partial charge in [-0.3, -0.25) is 4.79 Å². The lowest BCUT2D eigenvalue weighted by Gasteiger charge is -2.19. The second-order valence-corrected chi connectivity index (χ2v) is 5.88. The van der Waals surface area contributed by atoms with Gasteiger partial charge in [-0.25, -0.2) is 0 Å². The molecule has 6 nitrogen and oxygen atoms in total. The Morgan fingerprint density at radius 2 is 1.96 bits per heavy atom. The summed E-state index contributed by atoms with van der Waals surface area (Å²) in [5.74, 6) is -1.68. The molecule has 10 heteroatoms. The molecule has 3 rings (SSSR count). The number of aromatic nitrogens is 4. The van der Waals surface area contributed by atoms with E-state index in [0.29, 0.717) is 17.6 Å². The SMILES string of the molecule is CCN(Cc1ccccc1)C(=O)c1nn2c(C(F)(F)F)nnc2s1. The molecule has 0 aliphatic rings. The van der Waals surface area contributed by atoms with Crippen molar-refractivity contribution in [1.29, 1.82) is 0 Å². The van der Waals surface area contributed by atoms with Crippen molar-refractivity contribution in [2.24, 2.45) is 0 Å². The van der Waals surface area contributed by atoms with Gasteiger partial charge in [0.05, 0.1) is 0 Å². The van der Waals surface area contributed by atoms with E-state index in [4.69, 9.17) is 0 Å². The normalized spacial score (nSPS) is 11.8. The summed E-state index contributed by atoms with van der Waals surface area (Å²) >= 11 is 0.784. The first-order valence-corrected chi connectivity index (χ1v) is 7.84. The fraction of sp³-hybridized carbons (Fsp3) is 0.286. The number of hydrogen-bond acceptors (Lipinski definition) is 5. The summed E-state index contributed by atoms with van der Waals surface area (Å²) in [6.45, 7) is 2.55. The second-order valence-electron chi connectivity index (χ2n) is 4.93. The van der Waals surface area contributed by atoms with Crippen molar-refractivity contribution >= 4 is 22.2 Å². The molecule has 126 valence electrons. The maximum absolute atomic E-state index is 12.8. The molecule has 0 saturated carbocycles. The lowest BCUT2D eigenvalue weighted by molar-refractivity contribution is -0.146. The van der Waals surface area contributed by atoms with Crippen molar-refractivity contribution < 1.29 is 18.0 Å². The molecule has 0 fully saturated rings. The quantitative estimate of drug-likeness (QED) is 0.722. The molecule has 0 aliphatic heterocycles. The highest BCUT2D eigenvalue weighted by molar-refractivity contribution is 7.18. The molecular formula is C14H12F3N5OS. The van der Waals surface area contributed by atoms with Gasteiger partial charge in [0, 0.05) is 13.1 Å². The predicted molar refractivity (Wildman–Crippen MR) is 80.5 cm³/mol. The number of amides is 1. The fourth-order valence-electron chi connectivity index (χ4n) is 2.15. The zero-order valence-electron chi connectivity index (χ0n) is 12.5. The highest BCUT2D eigenvalue weighted by Crippen LogP contribution is 2.29. The van der Waals surface area contributed by atoms with Crippen LogP contribution >= 0.6 is 11.3 Å². The van der Waals surface area contributed by atoms with Gasteiger partial charge in [-0.05, 0) is 12.5 Å². The van der Waals surface area contributed by atoms with Crippen LogP contribution in [0, 0.1) is 0 Å². The van der Waals surface area contributed by atoms with Crippen LogP contribution in [-0.4, -0.2) is 37.2 Å². The van der Waals surface area contributed by atoms with Gasteiger partial charge in [-0.1, -0.05) is 41.7 Å². The molecule has 0 radical (unpaired) electrons. The first-order chi connectivity index (χ1) is 11.4. The summed E-state index contributed by atoms with van der Waals surface area (Å²) in [4.78, 5) is 14.0. The summed E-state index contributed by atoms with van der Waals surface area (Å²) in [6.07, 6.45) is -4.68. The maximum Gasteiger partial charge on any atom is 0.453 e.